The zero-order chi connectivity index (χ0) is 13.0. The SMILES string of the molecule is CCOC(=O)Cc1cnc(Br)c(C)c1C(F)F. The van der Waals surface area contributed by atoms with Gasteiger partial charge in [-0.3, -0.25) is 4.79 Å². The Labute approximate surface area is 106 Å². The Balaban J connectivity index is 3.07. The second-order valence-electron chi connectivity index (χ2n) is 3.40. The fourth-order valence-corrected chi connectivity index (χ4v) is 1.78. The van der Waals surface area contributed by atoms with Crippen molar-refractivity contribution in [3.8, 4) is 0 Å². The number of halogens is 3. The largest absolute Gasteiger partial charge is 0.466 e. The molecule has 0 atom stereocenters. The summed E-state index contributed by atoms with van der Waals surface area (Å²) in [6, 6.07) is 0. The van der Waals surface area contributed by atoms with Crippen molar-refractivity contribution in [2.24, 2.45) is 0 Å². The van der Waals surface area contributed by atoms with E-state index >= 15 is 0 Å². The number of hydrogen-bond donors (Lipinski definition) is 0. The summed E-state index contributed by atoms with van der Waals surface area (Å²) in [5, 5.41) is 0. The average Bonchev–Trinajstić information content (AvgIpc) is 2.23. The number of rotatable bonds is 4. The quantitative estimate of drug-likeness (QED) is 0.633. The van der Waals surface area contributed by atoms with Crippen LogP contribution in [0.1, 0.15) is 30.0 Å². The van der Waals surface area contributed by atoms with E-state index in [1.165, 1.54) is 13.1 Å². The number of esters is 1. The molecule has 0 aliphatic rings. The van der Waals surface area contributed by atoms with Crippen LogP contribution in [0.25, 0.3) is 0 Å². The van der Waals surface area contributed by atoms with Crippen LogP contribution in [0.2, 0.25) is 0 Å². The van der Waals surface area contributed by atoms with E-state index in [0.717, 1.165) is 0 Å². The molecule has 0 unspecified atom stereocenters. The summed E-state index contributed by atoms with van der Waals surface area (Å²) in [6.45, 7) is 3.43. The van der Waals surface area contributed by atoms with E-state index in [2.05, 4.69) is 20.9 Å². The Kier molecular flexibility index (Phi) is 4.99. The lowest BCUT2D eigenvalue weighted by Gasteiger charge is -2.12. The van der Waals surface area contributed by atoms with Gasteiger partial charge in [0.2, 0.25) is 0 Å². The molecule has 1 aromatic rings. The number of hydrogen-bond acceptors (Lipinski definition) is 3. The summed E-state index contributed by atoms with van der Waals surface area (Å²) >= 11 is 3.08. The van der Waals surface area contributed by atoms with Crippen LogP contribution in [0.5, 0.6) is 0 Å². The van der Waals surface area contributed by atoms with Crippen LogP contribution < -0.4 is 0 Å². The maximum absolute atomic E-state index is 12.9. The Morgan fingerprint density at radius 3 is 2.76 bits per heavy atom. The number of ether oxygens (including phenoxy) is 1. The van der Waals surface area contributed by atoms with Crippen molar-refractivity contribution in [3.63, 3.8) is 0 Å². The van der Waals surface area contributed by atoms with E-state index in [-0.39, 0.29) is 24.2 Å². The summed E-state index contributed by atoms with van der Waals surface area (Å²) < 4.78 is 30.9. The molecule has 17 heavy (non-hydrogen) atoms. The summed E-state index contributed by atoms with van der Waals surface area (Å²) in [5.74, 6) is -0.530. The van der Waals surface area contributed by atoms with Crippen molar-refractivity contribution < 1.29 is 18.3 Å². The van der Waals surface area contributed by atoms with Gasteiger partial charge in [0.15, 0.2) is 0 Å². The molecule has 0 aromatic carbocycles. The van der Waals surface area contributed by atoms with Crippen LogP contribution in [0, 0.1) is 6.92 Å². The molecule has 0 fully saturated rings. The molecule has 0 saturated carbocycles. The van der Waals surface area contributed by atoms with Crippen molar-refractivity contribution in [1.29, 1.82) is 0 Å². The highest BCUT2D eigenvalue weighted by Crippen LogP contribution is 2.30. The minimum absolute atomic E-state index is 0.153. The highest BCUT2D eigenvalue weighted by molar-refractivity contribution is 9.10. The summed E-state index contributed by atoms with van der Waals surface area (Å²) in [7, 11) is 0. The third-order valence-electron chi connectivity index (χ3n) is 2.25. The second kappa shape index (κ2) is 6.05. The van der Waals surface area contributed by atoms with E-state index in [1.54, 1.807) is 6.92 Å². The van der Waals surface area contributed by atoms with Gasteiger partial charge >= 0.3 is 5.97 Å². The molecule has 0 amide bonds. The molecule has 0 spiro atoms. The fourth-order valence-electron chi connectivity index (χ4n) is 1.47. The number of pyridine rings is 1. The van der Waals surface area contributed by atoms with Crippen LogP contribution in [0.3, 0.4) is 0 Å². The predicted octanol–water partition coefficient (Wildman–Crippen LogP) is 3.20. The minimum atomic E-state index is -2.64. The van der Waals surface area contributed by atoms with Gasteiger partial charge in [0.1, 0.15) is 4.60 Å². The van der Waals surface area contributed by atoms with Gasteiger partial charge in [-0.05, 0) is 40.9 Å². The highest BCUT2D eigenvalue weighted by Gasteiger charge is 2.20. The van der Waals surface area contributed by atoms with Gasteiger partial charge in [0.25, 0.3) is 6.43 Å². The van der Waals surface area contributed by atoms with Crippen LogP contribution >= 0.6 is 15.9 Å². The molecule has 0 bridgehead atoms. The zero-order valence-corrected chi connectivity index (χ0v) is 11.1. The Bertz CT molecular complexity index is 424. The molecule has 3 nitrogen and oxygen atoms in total. The molecular formula is C11H12BrF2NO2. The van der Waals surface area contributed by atoms with Crippen LogP contribution in [-0.2, 0) is 16.0 Å². The fraction of sp³-hybridized carbons (Fsp3) is 0.455. The Morgan fingerprint density at radius 1 is 1.59 bits per heavy atom. The van der Waals surface area contributed by atoms with Gasteiger partial charge in [-0.25, -0.2) is 13.8 Å². The van der Waals surface area contributed by atoms with Gasteiger partial charge in [0.05, 0.1) is 13.0 Å². The number of carbonyl (C=O) groups excluding carboxylic acids is 1. The first-order valence-electron chi connectivity index (χ1n) is 5.05. The third kappa shape index (κ3) is 3.46. The van der Waals surface area contributed by atoms with Crippen LogP contribution in [0.15, 0.2) is 10.8 Å². The maximum atomic E-state index is 12.9. The number of aromatic nitrogens is 1. The van der Waals surface area contributed by atoms with Crippen LogP contribution in [-0.4, -0.2) is 17.6 Å². The molecule has 1 aromatic heterocycles. The first-order valence-corrected chi connectivity index (χ1v) is 5.84. The third-order valence-corrected chi connectivity index (χ3v) is 3.05. The Morgan fingerprint density at radius 2 is 2.24 bits per heavy atom. The topological polar surface area (TPSA) is 39.2 Å². The van der Waals surface area contributed by atoms with Crippen molar-refractivity contribution in [1.82, 2.24) is 4.98 Å². The van der Waals surface area contributed by atoms with Crippen LogP contribution in [0.4, 0.5) is 8.78 Å². The first kappa shape index (κ1) is 14.0. The zero-order valence-electron chi connectivity index (χ0n) is 9.47. The molecule has 0 radical (unpaired) electrons. The van der Waals surface area contributed by atoms with Gasteiger partial charge in [-0.1, -0.05) is 0 Å². The Hall–Kier alpha value is -1.04. The molecule has 6 heteroatoms. The normalized spacial score (nSPS) is 10.7. The molecule has 1 rings (SSSR count). The lowest BCUT2D eigenvalue weighted by atomic mass is 10.0. The molecular weight excluding hydrogens is 296 g/mol. The summed E-state index contributed by atoms with van der Waals surface area (Å²) in [6.07, 6.45) is -1.55. The van der Waals surface area contributed by atoms with Gasteiger partial charge < -0.3 is 4.74 Å². The lowest BCUT2D eigenvalue weighted by Crippen LogP contribution is -2.11. The standard InChI is InChI=1S/C11H12BrF2NO2/c1-3-17-8(16)4-7-5-15-10(12)6(2)9(7)11(13)14/h5,11H,3-4H2,1-2H3. The van der Waals surface area contributed by atoms with E-state index in [1.807, 2.05) is 0 Å². The van der Waals surface area contributed by atoms with E-state index in [4.69, 9.17) is 4.74 Å². The molecule has 0 N–H and O–H groups in total. The lowest BCUT2D eigenvalue weighted by molar-refractivity contribution is -0.142. The smallest absolute Gasteiger partial charge is 0.310 e. The van der Waals surface area contributed by atoms with E-state index in [9.17, 15) is 13.6 Å². The van der Waals surface area contributed by atoms with Crippen molar-refractivity contribution in [2.75, 3.05) is 6.61 Å². The summed E-state index contributed by atoms with van der Waals surface area (Å²) in [5.41, 5.74) is 0.404. The van der Waals surface area contributed by atoms with Crippen molar-refractivity contribution >= 4 is 21.9 Å². The monoisotopic (exact) mass is 307 g/mol. The summed E-state index contributed by atoms with van der Waals surface area (Å²) in [4.78, 5) is 15.2. The van der Waals surface area contributed by atoms with E-state index < -0.39 is 12.4 Å². The van der Waals surface area contributed by atoms with Gasteiger partial charge in [-0.2, -0.15) is 0 Å². The number of nitrogens with zero attached hydrogens (tertiary/aromatic N) is 1. The minimum Gasteiger partial charge on any atom is -0.466 e. The molecule has 0 aliphatic carbocycles. The number of alkyl halides is 2. The average molecular weight is 308 g/mol. The van der Waals surface area contributed by atoms with Gasteiger partial charge in [-0.15, -0.1) is 0 Å². The maximum Gasteiger partial charge on any atom is 0.310 e. The molecule has 94 valence electrons. The molecule has 0 aliphatic heterocycles. The van der Waals surface area contributed by atoms with Gasteiger partial charge in [0, 0.05) is 11.8 Å². The highest BCUT2D eigenvalue weighted by atomic mass is 79.9. The van der Waals surface area contributed by atoms with Crippen molar-refractivity contribution in [3.05, 3.63) is 27.5 Å². The predicted molar refractivity (Wildman–Crippen MR) is 62.0 cm³/mol. The first-order chi connectivity index (χ1) is 7.97. The molecule has 0 saturated heterocycles. The number of carbonyl (C=O) groups is 1. The van der Waals surface area contributed by atoms with E-state index in [0.29, 0.717) is 10.2 Å². The second-order valence-corrected chi connectivity index (χ2v) is 4.15. The molecule has 1 heterocycles. The van der Waals surface area contributed by atoms with Crippen molar-refractivity contribution in [2.45, 2.75) is 26.7 Å².